The smallest absolute Gasteiger partial charge is 0.352 e. The molecule has 0 bridgehead atoms. The van der Waals surface area contributed by atoms with E-state index in [1.807, 2.05) is 19.1 Å². The molecule has 0 unspecified atom stereocenters. The molecule has 9 heteroatoms. The second-order valence-corrected chi connectivity index (χ2v) is 9.08. The van der Waals surface area contributed by atoms with E-state index in [2.05, 4.69) is 4.98 Å². The maximum Gasteiger partial charge on any atom is 0.352 e. The number of rotatable bonds is 6. The molecule has 0 aliphatic carbocycles. The summed E-state index contributed by atoms with van der Waals surface area (Å²) in [5.74, 6) is -0.227. The molecule has 4 rings (SSSR count). The highest BCUT2D eigenvalue weighted by Gasteiger charge is 2.28. The molecular formula is C22H19N3O5S. The van der Waals surface area contributed by atoms with Gasteiger partial charge in [-0.1, -0.05) is 29.8 Å². The van der Waals surface area contributed by atoms with E-state index in [0.717, 1.165) is 16.7 Å². The number of aryl methyl sites for hydroxylation is 1. The Morgan fingerprint density at radius 3 is 2.26 bits per heavy atom. The molecule has 158 valence electrons. The zero-order valence-corrected chi connectivity index (χ0v) is 17.7. The van der Waals surface area contributed by atoms with Crippen molar-refractivity contribution in [1.29, 1.82) is 0 Å². The van der Waals surface area contributed by atoms with Gasteiger partial charge in [-0.2, -0.15) is 4.40 Å². The lowest BCUT2D eigenvalue weighted by molar-refractivity contribution is -0.391. The molecule has 0 atom stereocenters. The van der Waals surface area contributed by atoms with Crippen molar-refractivity contribution in [3.8, 4) is 16.9 Å². The first kappa shape index (κ1) is 20.5. The van der Waals surface area contributed by atoms with E-state index in [1.165, 1.54) is 16.5 Å². The van der Waals surface area contributed by atoms with Gasteiger partial charge in [-0.3, -0.25) is 0 Å². The van der Waals surface area contributed by atoms with E-state index >= 15 is 0 Å². The van der Waals surface area contributed by atoms with Crippen molar-refractivity contribution in [1.82, 2.24) is 9.38 Å². The number of nitrogens with zero attached hydrogens (tertiary/aromatic N) is 3. The topological polar surface area (TPSA) is 104 Å². The summed E-state index contributed by atoms with van der Waals surface area (Å²) in [4.78, 5) is 15.6. The number of sulfone groups is 1. The maximum atomic E-state index is 12.8. The summed E-state index contributed by atoms with van der Waals surface area (Å²) >= 11 is 0. The van der Waals surface area contributed by atoms with Crippen molar-refractivity contribution in [2.45, 2.75) is 17.6 Å². The molecule has 2 heterocycles. The highest BCUT2D eigenvalue weighted by Crippen LogP contribution is 2.29. The molecule has 0 saturated carbocycles. The minimum atomic E-state index is -3.80. The number of methoxy groups -OCH3 is 1. The third-order valence-electron chi connectivity index (χ3n) is 4.97. The molecule has 0 saturated heterocycles. The van der Waals surface area contributed by atoms with Crippen LogP contribution in [0, 0.1) is 17.0 Å². The Hall–Kier alpha value is -3.72. The quantitative estimate of drug-likeness (QED) is 0.331. The zero-order valence-electron chi connectivity index (χ0n) is 16.8. The van der Waals surface area contributed by atoms with Gasteiger partial charge in [0.05, 0.1) is 12.0 Å². The molecule has 31 heavy (non-hydrogen) atoms. The first-order valence-electron chi connectivity index (χ1n) is 9.38. The van der Waals surface area contributed by atoms with Crippen LogP contribution in [0.5, 0.6) is 5.75 Å². The lowest BCUT2D eigenvalue weighted by Crippen LogP contribution is -2.07. The van der Waals surface area contributed by atoms with Gasteiger partial charge in [-0.25, -0.2) is 13.4 Å². The van der Waals surface area contributed by atoms with Crippen LogP contribution < -0.4 is 4.74 Å². The molecule has 0 radical (unpaired) electrons. The van der Waals surface area contributed by atoms with Crippen LogP contribution in [0.3, 0.4) is 0 Å². The van der Waals surface area contributed by atoms with E-state index in [1.54, 1.807) is 49.7 Å². The molecule has 0 aliphatic rings. The lowest BCUT2D eigenvalue weighted by Gasteiger charge is -2.04. The number of imidazole rings is 1. The fourth-order valence-corrected chi connectivity index (χ4v) is 4.61. The number of benzene rings is 2. The highest BCUT2D eigenvalue weighted by atomic mass is 32.2. The fourth-order valence-electron chi connectivity index (χ4n) is 3.33. The summed E-state index contributed by atoms with van der Waals surface area (Å²) < 4.78 is 32.1. The average molecular weight is 437 g/mol. The number of aromatic nitrogens is 2. The van der Waals surface area contributed by atoms with Crippen LogP contribution in [-0.2, 0) is 15.6 Å². The molecule has 4 aromatic rings. The first-order valence-corrected chi connectivity index (χ1v) is 11.0. The molecule has 0 amide bonds. The largest absolute Gasteiger partial charge is 0.497 e. The summed E-state index contributed by atoms with van der Waals surface area (Å²) in [5, 5.41) is 11.8. The Kier molecular flexibility index (Phi) is 5.20. The van der Waals surface area contributed by atoms with Crippen LogP contribution in [-0.4, -0.2) is 29.8 Å². The Morgan fingerprint density at radius 2 is 1.65 bits per heavy atom. The average Bonchev–Trinajstić information content (AvgIpc) is 3.10. The minimum Gasteiger partial charge on any atom is -0.497 e. The van der Waals surface area contributed by atoms with Crippen molar-refractivity contribution in [2.24, 2.45) is 0 Å². The van der Waals surface area contributed by atoms with E-state index in [0.29, 0.717) is 11.4 Å². The van der Waals surface area contributed by atoms with Crippen LogP contribution >= 0.6 is 0 Å². The van der Waals surface area contributed by atoms with Crippen molar-refractivity contribution in [3.63, 3.8) is 0 Å². The van der Waals surface area contributed by atoms with Gasteiger partial charge >= 0.3 is 5.82 Å². The lowest BCUT2D eigenvalue weighted by atomic mass is 10.1. The number of fused-ring (bicyclic) bond motifs is 1. The summed E-state index contributed by atoms with van der Waals surface area (Å²) in [5.41, 5.74) is 2.68. The van der Waals surface area contributed by atoms with Gasteiger partial charge in [-0.15, -0.1) is 0 Å². The summed E-state index contributed by atoms with van der Waals surface area (Å²) in [6.07, 6.45) is 1.59. The van der Waals surface area contributed by atoms with E-state index in [9.17, 15) is 18.5 Å². The van der Waals surface area contributed by atoms with Gasteiger partial charge in [0, 0.05) is 11.6 Å². The van der Waals surface area contributed by atoms with Gasteiger partial charge in [0.2, 0.25) is 5.65 Å². The molecule has 2 aromatic heterocycles. The Labute approximate surface area is 178 Å². The Bertz CT molecular complexity index is 1380. The minimum absolute atomic E-state index is 0.0996. The number of hydrogen-bond acceptors (Lipinski definition) is 6. The second kappa shape index (κ2) is 7.84. The molecule has 0 fully saturated rings. The predicted molar refractivity (Wildman–Crippen MR) is 116 cm³/mol. The van der Waals surface area contributed by atoms with E-state index in [4.69, 9.17) is 4.74 Å². The zero-order chi connectivity index (χ0) is 22.2. The highest BCUT2D eigenvalue weighted by molar-refractivity contribution is 7.90. The van der Waals surface area contributed by atoms with E-state index in [-0.39, 0.29) is 16.4 Å². The molecule has 0 aliphatic heterocycles. The first-order chi connectivity index (χ1) is 14.8. The molecular weight excluding hydrogens is 418 g/mol. The summed E-state index contributed by atoms with van der Waals surface area (Å²) in [7, 11) is -2.23. The third-order valence-corrected chi connectivity index (χ3v) is 6.61. The van der Waals surface area contributed by atoms with Crippen molar-refractivity contribution in [3.05, 3.63) is 88.2 Å². The van der Waals surface area contributed by atoms with Crippen LogP contribution in [0.25, 0.3) is 16.8 Å². The maximum absolute atomic E-state index is 12.8. The van der Waals surface area contributed by atoms with Gasteiger partial charge in [0.15, 0.2) is 15.5 Å². The van der Waals surface area contributed by atoms with Gasteiger partial charge in [0.1, 0.15) is 17.7 Å². The van der Waals surface area contributed by atoms with Crippen molar-refractivity contribution < 1.29 is 18.1 Å². The number of pyridine rings is 1. The third kappa shape index (κ3) is 3.99. The number of nitro groups is 1. The standard InChI is InChI=1S/C22H19N3O5S/c1-15-3-10-19(11-4-15)31(28,29)14-20-22(25(26)27)24-13-17(7-12-21(24)23-20)16-5-8-18(30-2)9-6-16/h3-13H,14H2,1-2H3. The van der Waals surface area contributed by atoms with Crippen molar-refractivity contribution >= 4 is 21.3 Å². The van der Waals surface area contributed by atoms with E-state index < -0.39 is 20.5 Å². The normalized spacial score (nSPS) is 11.5. The second-order valence-electron chi connectivity index (χ2n) is 7.09. The van der Waals surface area contributed by atoms with Crippen molar-refractivity contribution in [2.75, 3.05) is 7.11 Å². The van der Waals surface area contributed by atoms with Gasteiger partial charge < -0.3 is 14.9 Å². The van der Waals surface area contributed by atoms with Gasteiger partial charge in [0.25, 0.3) is 0 Å². The predicted octanol–water partition coefficient (Wildman–Crippen LogP) is 4.20. The van der Waals surface area contributed by atoms with Crippen LogP contribution in [0.1, 0.15) is 11.3 Å². The summed E-state index contributed by atoms with van der Waals surface area (Å²) in [6.45, 7) is 1.85. The molecule has 8 nitrogen and oxygen atoms in total. The molecule has 0 spiro atoms. The van der Waals surface area contributed by atoms with Crippen LogP contribution in [0.15, 0.2) is 71.8 Å². The fraction of sp³-hybridized carbons (Fsp3) is 0.136. The SMILES string of the molecule is COc1ccc(-c2ccc3nc(CS(=O)(=O)c4ccc(C)cc4)c([N+](=O)[O-])n3c2)cc1. The Balaban J connectivity index is 1.78. The monoisotopic (exact) mass is 437 g/mol. The number of hydrogen-bond donors (Lipinski definition) is 0. The number of ether oxygens (including phenoxy) is 1. The van der Waals surface area contributed by atoms with Crippen LogP contribution in [0.4, 0.5) is 5.82 Å². The molecule has 2 aromatic carbocycles. The van der Waals surface area contributed by atoms with Gasteiger partial charge in [-0.05, 0) is 47.7 Å². The van der Waals surface area contributed by atoms with Crippen LogP contribution in [0.2, 0.25) is 0 Å². The Morgan fingerprint density at radius 1 is 1.00 bits per heavy atom. The summed E-state index contributed by atoms with van der Waals surface area (Å²) in [6, 6.07) is 17.0. The molecule has 0 N–H and O–H groups in total.